The Balaban J connectivity index is 2.00. The highest BCUT2D eigenvalue weighted by atomic mass is 16.3. The zero-order chi connectivity index (χ0) is 9.47. The summed E-state index contributed by atoms with van der Waals surface area (Å²) in [5.74, 6) is 0.945. The molecule has 2 rings (SSSR count). The third-order valence-electron chi connectivity index (χ3n) is 3.94. The van der Waals surface area contributed by atoms with E-state index in [1.54, 1.807) is 0 Å². The van der Waals surface area contributed by atoms with Crippen molar-refractivity contribution in [1.29, 1.82) is 0 Å². The molecule has 2 aliphatic carbocycles. The van der Waals surface area contributed by atoms with E-state index in [1.165, 1.54) is 37.7 Å². The summed E-state index contributed by atoms with van der Waals surface area (Å²) in [6, 6.07) is 0. The van der Waals surface area contributed by atoms with E-state index in [9.17, 15) is 5.11 Å². The van der Waals surface area contributed by atoms with Crippen LogP contribution < -0.4 is 0 Å². The van der Waals surface area contributed by atoms with Crippen LogP contribution in [0.2, 0.25) is 0 Å². The second kappa shape index (κ2) is 3.13. The highest BCUT2D eigenvalue weighted by molar-refractivity contribution is 5.25. The summed E-state index contributed by atoms with van der Waals surface area (Å²) < 4.78 is 0. The van der Waals surface area contributed by atoms with Gasteiger partial charge in [0.15, 0.2) is 0 Å². The van der Waals surface area contributed by atoms with Gasteiger partial charge in [-0.2, -0.15) is 0 Å². The van der Waals surface area contributed by atoms with Crippen LogP contribution in [0.25, 0.3) is 0 Å². The molecule has 2 aliphatic rings. The maximum Gasteiger partial charge on any atom is 0.0715 e. The van der Waals surface area contributed by atoms with Crippen molar-refractivity contribution < 1.29 is 5.11 Å². The van der Waals surface area contributed by atoms with Crippen LogP contribution in [0.4, 0.5) is 0 Å². The monoisotopic (exact) mass is 180 g/mol. The van der Waals surface area contributed by atoms with Crippen LogP contribution in [0.15, 0.2) is 12.2 Å². The summed E-state index contributed by atoms with van der Waals surface area (Å²) in [6.07, 6.45) is 7.47. The molecule has 1 heteroatoms. The van der Waals surface area contributed by atoms with Gasteiger partial charge >= 0.3 is 0 Å². The minimum absolute atomic E-state index is 0.413. The Morgan fingerprint density at radius 1 is 1.31 bits per heavy atom. The van der Waals surface area contributed by atoms with Crippen LogP contribution in [0.5, 0.6) is 0 Å². The molecule has 1 N–H and O–H groups in total. The highest BCUT2D eigenvalue weighted by Crippen LogP contribution is 2.50. The maximum absolute atomic E-state index is 10.4. The van der Waals surface area contributed by atoms with Gasteiger partial charge in [0.2, 0.25) is 0 Å². The first kappa shape index (κ1) is 9.26. The molecule has 13 heavy (non-hydrogen) atoms. The normalized spacial score (nSPS) is 34.3. The highest BCUT2D eigenvalue weighted by Gasteiger charge is 2.47. The molecule has 2 saturated carbocycles. The van der Waals surface area contributed by atoms with Crippen molar-refractivity contribution in [2.75, 3.05) is 0 Å². The van der Waals surface area contributed by atoms with Crippen molar-refractivity contribution in [1.82, 2.24) is 0 Å². The molecule has 0 bridgehead atoms. The molecule has 0 amide bonds. The Kier molecular flexibility index (Phi) is 2.23. The number of hydrogen-bond donors (Lipinski definition) is 1. The van der Waals surface area contributed by atoms with Gasteiger partial charge in [0.05, 0.1) is 5.60 Å². The predicted molar refractivity (Wildman–Crippen MR) is 54.4 cm³/mol. The molecule has 74 valence electrons. The molecule has 0 aromatic rings. The summed E-state index contributed by atoms with van der Waals surface area (Å²) in [6.45, 7) is 5.97. The summed E-state index contributed by atoms with van der Waals surface area (Å²) in [7, 11) is 0. The van der Waals surface area contributed by atoms with Crippen molar-refractivity contribution in [2.24, 2.45) is 11.8 Å². The van der Waals surface area contributed by atoms with E-state index < -0.39 is 5.60 Å². The lowest BCUT2D eigenvalue weighted by Gasteiger charge is -2.35. The average Bonchev–Trinajstić information content (AvgIpc) is 2.85. The number of rotatable bonds is 2. The molecule has 1 nitrogen and oxygen atoms in total. The van der Waals surface area contributed by atoms with Gasteiger partial charge < -0.3 is 5.11 Å². The zero-order valence-corrected chi connectivity index (χ0v) is 8.55. The van der Waals surface area contributed by atoms with Gasteiger partial charge in [0, 0.05) is 5.92 Å². The Labute approximate surface area is 80.8 Å². The summed E-state index contributed by atoms with van der Waals surface area (Å²) >= 11 is 0. The molecule has 0 aliphatic heterocycles. The second-order valence-electron chi connectivity index (χ2n) is 4.98. The topological polar surface area (TPSA) is 20.2 Å². The van der Waals surface area contributed by atoms with E-state index >= 15 is 0 Å². The van der Waals surface area contributed by atoms with Crippen LogP contribution in [-0.4, -0.2) is 10.7 Å². The van der Waals surface area contributed by atoms with Crippen LogP contribution in [0.1, 0.15) is 45.4 Å². The van der Waals surface area contributed by atoms with Gasteiger partial charge in [-0.05, 0) is 32.1 Å². The quantitative estimate of drug-likeness (QED) is 0.648. The Hall–Kier alpha value is -0.300. The number of aliphatic hydroxyl groups is 1. The third kappa shape index (κ3) is 1.67. The van der Waals surface area contributed by atoms with E-state index in [-0.39, 0.29) is 0 Å². The SMILES string of the molecule is C=C1CC1C(C)(O)C1CCCCC1. The lowest BCUT2D eigenvalue weighted by molar-refractivity contribution is -0.0320. The van der Waals surface area contributed by atoms with Gasteiger partial charge in [0.25, 0.3) is 0 Å². The fourth-order valence-corrected chi connectivity index (χ4v) is 2.79. The van der Waals surface area contributed by atoms with Crippen molar-refractivity contribution in [3.05, 3.63) is 12.2 Å². The zero-order valence-electron chi connectivity index (χ0n) is 8.55. The standard InChI is InChI=1S/C12H20O/c1-9-8-11(9)12(2,13)10-6-4-3-5-7-10/h10-11,13H,1,3-8H2,2H3. The summed E-state index contributed by atoms with van der Waals surface area (Å²) in [5.41, 5.74) is 0.813. The van der Waals surface area contributed by atoms with Gasteiger partial charge in [0.1, 0.15) is 0 Å². The van der Waals surface area contributed by atoms with Gasteiger partial charge in [-0.3, -0.25) is 0 Å². The van der Waals surface area contributed by atoms with Crippen molar-refractivity contribution in [2.45, 2.75) is 51.0 Å². The van der Waals surface area contributed by atoms with Crippen LogP contribution >= 0.6 is 0 Å². The largest absolute Gasteiger partial charge is 0.389 e. The Bertz CT molecular complexity index is 211. The van der Waals surface area contributed by atoms with Gasteiger partial charge in [-0.1, -0.05) is 31.4 Å². The number of hydrogen-bond acceptors (Lipinski definition) is 1. The fourth-order valence-electron chi connectivity index (χ4n) is 2.79. The molecular weight excluding hydrogens is 160 g/mol. The molecule has 2 unspecified atom stereocenters. The molecule has 0 aromatic heterocycles. The average molecular weight is 180 g/mol. The lowest BCUT2D eigenvalue weighted by Crippen LogP contribution is -2.38. The first-order chi connectivity index (χ1) is 6.12. The maximum atomic E-state index is 10.4. The summed E-state index contributed by atoms with van der Waals surface area (Å²) in [5, 5.41) is 10.4. The molecule has 0 saturated heterocycles. The van der Waals surface area contributed by atoms with E-state index in [4.69, 9.17) is 0 Å². The molecule has 0 heterocycles. The Morgan fingerprint density at radius 3 is 2.31 bits per heavy atom. The minimum atomic E-state index is -0.447. The second-order valence-corrected chi connectivity index (χ2v) is 4.98. The van der Waals surface area contributed by atoms with Gasteiger partial charge in [-0.15, -0.1) is 0 Å². The van der Waals surface area contributed by atoms with E-state index in [0.717, 1.165) is 6.42 Å². The third-order valence-corrected chi connectivity index (χ3v) is 3.94. The summed E-state index contributed by atoms with van der Waals surface area (Å²) in [4.78, 5) is 0. The molecular formula is C12H20O. The van der Waals surface area contributed by atoms with E-state index in [0.29, 0.717) is 11.8 Å². The van der Waals surface area contributed by atoms with Crippen molar-refractivity contribution >= 4 is 0 Å². The molecule has 0 radical (unpaired) electrons. The molecule has 0 aromatic carbocycles. The van der Waals surface area contributed by atoms with Crippen molar-refractivity contribution in [3.63, 3.8) is 0 Å². The lowest BCUT2D eigenvalue weighted by atomic mass is 9.75. The molecule has 2 atom stereocenters. The Morgan fingerprint density at radius 2 is 1.85 bits per heavy atom. The van der Waals surface area contributed by atoms with Gasteiger partial charge in [-0.25, -0.2) is 0 Å². The predicted octanol–water partition coefficient (Wildman–Crippen LogP) is 2.89. The minimum Gasteiger partial charge on any atom is -0.389 e. The first-order valence-electron chi connectivity index (χ1n) is 5.52. The van der Waals surface area contributed by atoms with Crippen molar-refractivity contribution in [3.8, 4) is 0 Å². The smallest absolute Gasteiger partial charge is 0.0715 e. The first-order valence-corrected chi connectivity index (χ1v) is 5.52. The van der Waals surface area contributed by atoms with Crippen LogP contribution in [0, 0.1) is 11.8 Å². The van der Waals surface area contributed by atoms with E-state index in [2.05, 4.69) is 6.58 Å². The molecule has 0 spiro atoms. The van der Waals surface area contributed by atoms with Crippen LogP contribution in [0.3, 0.4) is 0 Å². The fraction of sp³-hybridized carbons (Fsp3) is 0.833. The molecule has 2 fully saturated rings. The van der Waals surface area contributed by atoms with Crippen LogP contribution in [-0.2, 0) is 0 Å². The van der Waals surface area contributed by atoms with E-state index in [1.807, 2.05) is 6.92 Å².